The van der Waals surface area contributed by atoms with Crippen LogP contribution in [0.1, 0.15) is 44.1 Å². The zero-order valence-corrected chi connectivity index (χ0v) is 12.5. The van der Waals surface area contributed by atoms with Gasteiger partial charge in [0.1, 0.15) is 5.75 Å². The Bertz CT molecular complexity index is 493. The van der Waals surface area contributed by atoms with Crippen molar-refractivity contribution in [3.8, 4) is 5.75 Å². The highest BCUT2D eigenvalue weighted by Gasteiger charge is 2.31. The van der Waals surface area contributed by atoms with Crippen LogP contribution in [0.3, 0.4) is 0 Å². The number of likely N-dealkylation sites (tertiary alicyclic amines) is 1. The number of alkyl halides is 3. The van der Waals surface area contributed by atoms with E-state index in [2.05, 4.69) is 4.74 Å². The van der Waals surface area contributed by atoms with E-state index in [0.29, 0.717) is 6.42 Å². The molecule has 1 fully saturated rings. The molecule has 1 unspecified atom stereocenters. The van der Waals surface area contributed by atoms with E-state index in [9.17, 15) is 18.0 Å². The normalized spacial score (nSPS) is 17.2. The van der Waals surface area contributed by atoms with E-state index in [1.807, 2.05) is 11.8 Å². The van der Waals surface area contributed by atoms with Crippen LogP contribution in [0.5, 0.6) is 5.75 Å². The third kappa shape index (κ3) is 4.93. The largest absolute Gasteiger partial charge is 0.573 e. The van der Waals surface area contributed by atoms with Crippen molar-refractivity contribution in [2.24, 2.45) is 0 Å². The third-order valence-electron chi connectivity index (χ3n) is 3.87. The number of carbonyl (C=O) groups excluding carboxylic acids is 1. The van der Waals surface area contributed by atoms with Crippen LogP contribution in [0.4, 0.5) is 13.2 Å². The molecule has 2 rings (SSSR count). The minimum absolute atomic E-state index is 0.0330. The van der Waals surface area contributed by atoms with Gasteiger partial charge in [0.15, 0.2) is 0 Å². The number of halogens is 3. The number of ether oxygens (including phenoxy) is 1. The number of carbonyl (C=O) groups is 1. The summed E-state index contributed by atoms with van der Waals surface area (Å²) in [6.07, 6.45) is -1.05. The van der Waals surface area contributed by atoms with Gasteiger partial charge in [0.25, 0.3) is 0 Å². The van der Waals surface area contributed by atoms with E-state index in [-0.39, 0.29) is 17.6 Å². The maximum Gasteiger partial charge on any atom is 0.573 e. The molecule has 1 aromatic carbocycles. The Labute approximate surface area is 128 Å². The Morgan fingerprint density at radius 3 is 2.32 bits per heavy atom. The average molecular weight is 315 g/mol. The Morgan fingerprint density at radius 1 is 1.18 bits per heavy atom. The number of hydrogen-bond donors (Lipinski definition) is 0. The fourth-order valence-electron chi connectivity index (χ4n) is 2.65. The maximum absolute atomic E-state index is 12.2. The summed E-state index contributed by atoms with van der Waals surface area (Å²) in [5.41, 5.74) is 0.833. The molecule has 6 heteroatoms. The van der Waals surface area contributed by atoms with Crippen LogP contribution in [0.15, 0.2) is 24.3 Å². The summed E-state index contributed by atoms with van der Waals surface area (Å²) in [5.74, 6) is -0.164. The topological polar surface area (TPSA) is 29.5 Å². The molecule has 0 N–H and O–H groups in total. The first-order valence-electron chi connectivity index (χ1n) is 7.48. The van der Waals surface area contributed by atoms with Gasteiger partial charge in [-0.05, 0) is 42.9 Å². The summed E-state index contributed by atoms with van der Waals surface area (Å²) >= 11 is 0. The van der Waals surface area contributed by atoms with E-state index in [1.165, 1.54) is 18.6 Å². The predicted octanol–water partition coefficient (Wildman–Crippen LogP) is 4.09. The van der Waals surface area contributed by atoms with Gasteiger partial charge in [-0.2, -0.15) is 0 Å². The van der Waals surface area contributed by atoms with Crippen molar-refractivity contribution in [1.82, 2.24) is 4.90 Å². The Hall–Kier alpha value is -1.72. The van der Waals surface area contributed by atoms with Crippen LogP contribution >= 0.6 is 0 Å². The molecule has 0 aliphatic carbocycles. The van der Waals surface area contributed by atoms with Gasteiger partial charge in [-0.1, -0.05) is 19.1 Å². The molecule has 0 radical (unpaired) electrons. The van der Waals surface area contributed by atoms with Crippen LogP contribution in [-0.4, -0.2) is 30.3 Å². The summed E-state index contributed by atoms with van der Waals surface area (Å²) in [4.78, 5) is 14.1. The summed E-state index contributed by atoms with van der Waals surface area (Å²) in [6, 6.07) is 5.72. The van der Waals surface area contributed by atoms with Crippen molar-refractivity contribution in [3.05, 3.63) is 29.8 Å². The van der Waals surface area contributed by atoms with Crippen LogP contribution in [0.25, 0.3) is 0 Å². The summed E-state index contributed by atoms with van der Waals surface area (Å²) in [6.45, 7) is 3.52. The van der Waals surface area contributed by atoms with Gasteiger partial charge in [0, 0.05) is 19.5 Å². The molecule has 1 heterocycles. The van der Waals surface area contributed by atoms with Gasteiger partial charge in [0.2, 0.25) is 5.91 Å². The van der Waals surface area contributed by atoms with Crippen molar-refractivity contribution >= 4 is 5.91 Å². The molecule has 1 atom stereocenters. The molecule has 3 nitrogen and oxygen atoms in total. The molecule has 1 amide bonds. The summed E-state index contributed by atoms with van der Waals surface area (Å²) < 4.78 is 40.2. The molecule has 1 aromatic rings. The fraction of sp³-hybridized carbons (Fsp3) is 0.562. The Kier molecular flexibility index (Phi) is 5.32. The van der Waals surface area contributed by atoms with Crippen LogP contribution in [-0.2, 0) is 4.79 Å². The van der Waals surface area contributed by atoms with E-state index in [1.54, 1.807) is 12.1 Å². The number of benzene rings is 1. The SMILES string of the molecule is CC(CC(=O)N1CCCCC1)c1ccc(OC(F)(F)F)cc1. The lowest BCUT2D eigenvalue weighted by Gasteiger charge is -2.28. The van der Waals surface area contributed by atoms with Crippen molar-refractivity contribution in [2.75, 3.05) is 13.1 Å². The molecular weight excluding hydrogens is 295 g/mol. The summed E-state index contributed by atoms with van der Waals surface area (Å²) in [7, 11) is 0. The molecule has 122 valence electrons. The van der Waals surface area contributed by atoms with Crippen molar-refractivity contribution in [3.63, 3.8) is 0 Å². The molecule has 0 saturated carbocycles. The molecular formula is C16H20F3NO2. The fourth-order valence-corrected chi connectivity index (χ4v) is 2.65. The first-order valence-corrected chi connectivity index (χ1v) is 7.48. The minimum Gasteiger partial charge on any atom is -0.406 e. The molecule has 0 bridgehead atoms. The summed E-state index contributed by atoms with van der Waals surface area (Å²) in [5, 5.41) is 0. The van der Waals surface area contributed by atoms with E-state index >= 15 is 0 Å². The number of rotatable bonds is 4. The lowest BCUT2D eigenvalue weighted by molar-refractivity contribution is -0.274. The van der Waals surface area contributed by atoms with Gasteiger partial charge in [-0.25, -0.2) is 0 Å². The molecule has 1 aliphatic heterocycles. The Morgan fingerprint density at radius 2 is 1.77 bits per heavy atom. The van der Waals surface area contributed by atoms with E-state index in [0.717, 1.165) is 31.5 Å². The third-order valence-corrected chi connectivity index (χ3v) is 3.87. The van der Waals surface area contributed by atoms with E-state index in [4.69, 9.17) is 0 Å². The standard InChI is InChI=1S/C16H20F3NO2/c1-12(11-15(21)20-9-3-2-4-10-20)13-5-7-14(8-6-13)22-16(17,18)19/h5-8,12H,2-4,9-11H2,1H3. The lowest BCUT2D eigenvalue weighted by Crippen LogP contribution is -2.36. The molecule has 0 spiro atoms. The molecule has 1 aliphatic rings. The Balaban J connectivity index is 1.91. The molecule has 1 saturated heterocycles. The molecule has 0 aromatic heterocycles. The first kappa shape index (κ1) is 16.6. The van der Waals surface area contributed by atoms with Crippen molar-refractivity contribution in [2.45, 2.75) is 44.9 Å². The van der Waals surface area contributed by atoms with Crippen molar-refractivity contribution in [1.29, 1.82) is 0 Å². The van der Waals surface area contributed by atoms with Gasteiger partial charge in [0.05, 0.1) is 0 Å². The highest BCUT2D eigenvalue weighted by Crippen LogP contribution is 2.26. The van der Waals surface area contributed by atoms with Crippen LogP contribution in [0.2, 0.25) is 0 Å². The lowest BCUT2D eigenvalue weighted by atomic mass is 9.96. The second-order valence-corrected chi connectivity index (χ2v) is 5.66. The number of nitrogens with zero attached hydrogens (tertiary/aromatic N) is 1. The van der Waals surface area contributed by atoms with Gasteiger partial charge < -0.3 is 9.64 Å². The maximum atomic E-state index is 12.2. The zero-order valence-electron chi connectivity index (χ0n) is 12.5. The van der Waals surface area contributed by atoms with Crippen LogP contribution in [0, 0.1) is 0 Å². The van der Waals surface area contributed by atoms with Crippen LogP contribution < -0.4 is 4.74 Å². The number of piperidine rings is 1. The predicted molar refractivity (Wildman–Crippen MR) is 76.6 cm³/mol. The number of amides is 1. The second kappa shape index (κ2) is 7.03. The quantitative estimate of drug-likeness (QED) is 0.837. The van der Waals surface area contributed by atoms with Crippen molar-refractivity contribution < 1.29 is 22.7 Å². The highest BCUT2D eigenvalue weighted by atomic mass is 19.4. The minimum atomic E-state index is -4.68. The first-order chi connectivity index (χ1) is 10.3. The van der Waals surface area contributed by atoms with Gasteiger partial charge in [-0.3, -0.25) is 4.79 Å². The van der Waals surface area contributed by atoms with Gasteiger partial charge in [-0.15, -0.1) is 13.2 Å². The highest BCUT2D eigenvalue weighted by molar-refractivity contribution is 5.77. The van der Waals surface area contributed by atoms with Gasteiger partial charge >= 0.3 is 6.36 Å². The zero-order chi connectivity index (χ0) is 16.2. The van der Waals surface area contributed by atoms with E-state index < -0.39 is 6.36 Å². The number of hydrogen-bond acceptors (Lipinski definition) is 2. The smallest absolute Gasteiger partial charge is 0.406 e. The monoisotopic (exact) mass is 315 g/mol. The average Bonchev–Trinajstić information content (AvgIpc) is 2.47. The molecule has 22 heavy (non-hydrogen) atoms. The second-order valence-electron chi connectivity index (χ2n) is 5.66.